The van der Waals surface area contributed by atoms with Crippen molar-refractivity contribution < 1.29 is 14.3 Å². The number of nitrogens with one attached hydrogen (secondary N) is 1. The van der Waals surface area contributed by atoms with Crippen LogP contribution in [-0.4, -0.2) is 30.2 Å². The van der Waals surface area contributed by atoms with E-state index in [-0.39, 0.29) is 11.9 Å². The number of piperidine rings is 1. The molecule has 0 saturated carbocycles. The van der Waals surface area contributed by atoms with Crippen molar-refractivity contribution in [3.05, 3.63) is 35.6 Å². The summed E-state index contributed by atoms with van der Waals surface area (Å²) in [6.45, 7) is 2.87. The Labute approximate surface area is 106 Å². The van der Waals surface area contributed by atoms with Crippen LogP contribution in [0.5, 0.6) is 0 Å². The Bertz CT molecular complexity index is 394. The first-order valence-electron chi connectivity index (χ1n) is 5.92. The molecule has 0 radical (unpaired) electrons. The molecule has 1 aliphatic heterocycles. The zero-order chi connectivity index (χ0) is 13.5. The molecule has 0 bridgehead atoms. The summed E-state index contributed by atoms with van der Waals surface area (Å²) in [5.41, 5.74) is 7.00. The molecule has 0 spiro atoms. The second-order valence-corrected chi connectivity index (χ2v) is 4.34. The standard InChI is InChI=1S/C11H15FN2.C2H4O2/c12-9-3-1-2-8(6-9)10-4-5-14-7-11(10)13;1-2(3)4/h1-3,6,10-11,14H,4-5,7,13H2;1H3,(H,3,4). The van der Waals surface area contributed by atoms with E-state index in [1.807, 2.05) is 6.07 Å². The van der Waals surface area contributed by atoms with Crippen molar-refractivity contribution in [2.75, 3.05) is 13.1 Å². The quantitative estimate of drug-likeness (QED) is 0.706. The van der Waals surface area contributed by atoms with E-state index in [0.29, 0.717) is 5.92 Å². The van der Waals surface area contributed by atoms with Gasteiger partial charge >= 0.3 is 0 Å². The van der Waals surface area contributed by atoms with Crippen LogP contribution in [0.15, 0.2) is 24.3 Å². The molecule has 0 amide bonds. The second-order valence-electron chi connectivity index (χ2n) is 4.34. The molecule has 1 aromatic rings. The summed E-state index contributed by atoms with van der Waals surface area (Å²) in [6.07, 6.45) is 0.991. The van der Waals surface area contributed by atoms with Gasteiger partial charge < -0.3 is 16.2 Å². The van der Waals surface area contributed by atoms with Crippen molar-refractivity contribution in [2.24, 2.45) is 5.73 Å². The van der Waals surface area contributed by atoms with Crippen molar-refractivity contribution in [1.82, 2.24) is 5.32 Å². The van der Waals surface area contributed by atoms with E-state index in [9.17, 15) is 4.39 Å². The summed E-state index contributed by atoms with van der Waals surface area (Å²) < 4.78 is 13.0. The second kappa shape index (κ2) is 7.08. The Morgan fingerprint density at radius 3 is 2.78 bits per heavy atom. The molecule has 0 aliphatic carbocycles. The van der Waals surface area contributed by atoms with Crippen LogP contribution in [0, 0.1) is 5.82 Å². The smallest absolute Gasteiger partial charge is 0.300 e. The van der Waals surface area contributed by atoms with Crippen molar-refractivity contribution in [3.63, 3.8) is 0 Å². The van der Waals surface area contributed by atoms with Gasteiger partial charge in [-0.1, -0.05) is 12.1 Å². The van der Waals surface area contributed by atoms with Crippen LogP contribution in [-0.2, 0) is 4.79 Å². The molecule has 4 nitrogen and oxygen atoms in total. The van der Waals surface area contributed by atoms with Gasteiger partial charge in [0.15, 0.2) is 0 Å². The Morgan fingerprint density at radius 1 is 1.56 bits per heavy atom. The first kappa shape index (κ1) is 14.6. The molecule has 1 aromatic carbocycles. The van der Waals surface area contributed by atoms with Gasteiger partial charge in [0, 0.05) is 25.4 Å². The lowest BCUT2D eigenvalue weighted by molar-refractivity contribution is -0.134. The third-order valence-corrected chi connectivity index (χ3v) is 2.81. The maximum Gasteiger partial charge on any atom is 0.300 e. The van der Waals surface area contributed by atoms with E-state index in [2.05, 4.69) is 5.32 Å². The summed E-state index contributed by atoms with van der Waals surface area (Å²) in [5, 5.41) is 10.6. The van der Waals surface area contributed by atoms with Gasteiger partial charge in [-0.05, 0) is 30.7 Å². The number of nitrogens with two attached hydrogens (primary N) is 1. The predicted octanol–water partition coefficient (Wildman–Crippen LogP) is 1.32. The van der Waals surface area contributed by atoms with Gasteiger partial charge in [0.05, 0.1) is 0 Å². The number of carbonyl (C=O) groups is 1. The Morgan fingerprint density at radius 2 is 2.22 bits per heavy atom. The normalized spacial score (nSPS) is 22.8. The number of carboxylic acids is 1. The average molecular weight is 254 g/mol. The molecule has 1 aliphatic rings. The third kappa shape index (κ3) is 4.81. The van der Waals surface area contributed by atoms with Gasteiger partial charge in [-0.15, -0.1) is 0 Å². The number of hydrogen-bond donors (Lipinski definition) is 3. The van der Waals surface area contributed by atoms with Gasteiger partial charge in [-0.3, -0.25) is 4.79 Å². The molecule has 2 rings (SSSR count). The summed E-state index contributed by atoms with van der Waals surface area (Å²) in [4.78, 5) is 9.00. The van der Waals surface area contributed by atoms with Crippen LogP contribution < -0.4 is 11.1 Å². The van der Waals surface area contributed by atoms with Gasteiger partial charge in [-0.25, -0.2) is 4.39 Å². The largest absolute Gasteiger partial charge is 0.481 e. The minimum absolute atomic E-state index is 0.102. The summed E-state index contributed by atoms with van der Waals surface area (Å²) >= 11 is 0. The van der Waals surface area contributed by atoms with Crippen molar-refractivity contribution in [1.29, 1.82) is 0 Å². The maximum absolute atomic E-state index is 13.0. The number of hydrogen-bond acceptors (Lipinski definition) is 3. The van der Waals surface area contributed by atoms with Crippen LogP contribution in [0.25, 0.3) is 0 Å². The van der Waals surface area contributed by atoms with Gasteiger partial charge in [0.25, 0.3) is 5.97 Å². The lowest BCUT2D eigenvalue weighted by Crippen LogP contribution is -2.44. The first-order valence-corrected chi connectivity index (χ1v) is 5.92. The topological polar surface area (TPSA) is 75.3 Å². The van der Waals surface area contributed by atoms with E-state index in [1.165, 1.54) is 6.07 Å². The summed E-state index contributed by atoms with van der Waals surface area (Å²) in [6, 6.07) is 6.87. The van der Waals surface area contributed by atoms with Crippen LogP contribution in [0.3, 0.4) is 0 Å². The van der Waals surface area contributed by atoms with Crippen molar-refractivity contribution >= 4 is 5.97 Å². The van der Waals surface area contributed by atoms with Gasteiger partial charge in [0.2, 0.25) is 0 Å². The molecule has 1 fully saturated rings. The number of benzene rings is 1. The van der Waals surface area contributed by atoms with E-state index in [0.717, 1.165) is 32.0 Å². The predicted molar refractivity (Wildman–Crippen MR) is 67.9 cm³/mol. The van der Waals surface area contributed by atoms with Crippen LogP contribution in [0.2, 0.25) is 0 Å². The zero-order valence-electron chi connectivity index (χ0n) is 10.4. The lowest BCUT2D eigenvalue weighted by atomic mass is 9.87. The zero-order valence-corrected chi connectivity index (χ0v) is 10.4. The lowest BCUT2D eigenvalue weighted by Gasteiger charge is -2.29. The molecule has 100 valence electrons. The SMILES string of the molecule is CC(=O)O.NC1CNCCC1c1cccc(F)c1. The van der Waals surface area contributed by atoms with Crippen LogP contribution in [0.1, 0.15) is 24.8 Å². The fourth-order valence-electron chi connectivity index (χ4n) is 2.03. The van der Waals surface area contributed by atoms with E-state index in [1.54, 1.807) is 12.1 Å². The molecule has 5 heteroatoms. The number of rotatable bonds is 1. The molecule has 1 saturated heterocycles. The monoisotopic (exact) mass is 254 g/mol. The van der Waals surface area contributed by atoms with E-state index >= 15 is 0 Å². The van der Waals surface area contributed by atoms with Gasteiger partial charge in [-0.2, -0.15) is 0 Å². The third-order valence-electron chi connectivity index (χ3n) is 2.81. The molecule has 0 aromatic heterocycles. The minimum Gasteiger partial charge on any atom is -0.481 e. The number of aliphatic carboxylic acids is 1. The molecule has 4 N–H and O–H groups in total. The highest BCUT2D eigenvalue weighted by atomic mass is 19.1. The van der Waals surface area contributed by atoms with Crippen LogP contribution in [0.4, 0.5) is 4.39 Å². The number of halogens is 1. The Balaban J connectivity index is 0.000000357. The minimum atomic E-state index is -0.833. The van der Waals surface area contributed by atoms with Crippen molar-refractivity contribution in [2.45, 2.75) is 25.3 Å². The summed E-state index contributed by atoms with van der Waals surface area (Å²) in [5.74, 6) is -0.708. The van der Waals surface area contributed by atoms with Crippen LogP contribution >= 0.6 is 0 Å². The van der Waals surface area contributed by atoms with Crippen molar-refractivity contribution in [3.8, 4) is 0 Å². The highest BCUT2D eigenvalue weighted by molar-refractivity contribution is 5.62. The highest BCUT2D eigenvalue weighted by Crippen LogP contribution is 2.24. The molecular weight excluding hydrogens is 235 g/mol. The van der Waals surface area contributed by atoms with E-state index < -0.39 is 5.97 Å². The molecule has 18 heavy (non-hydrogen) atoms. The Kier molecular flexibility index (Phi) is 5.74. The fourth-order valence-corrected chi connectivity index (χ4v) is 2.03. The highest BCUT2D eigenvalue weighted by Gasteiger charge is 2.22. The molecular formula is C13H19FN2O2. The average Bonchev–Trinajstić information content (AvgIpc) is 2.29. The summed E-state index contributed by atoms with van der Waals surface area (Å²) in [7, 11) is 0. The van der Waals surface area contributed by atoms with Gasteiger partial charge in [0.1, 0.15) is 5.82 Å². The van der Waals surface area contributed by atoms with E-state index in [4.69, 9.17) is 15.6 Å². The first-order chi connectivity index (χ1) is 8.50. The molecule has 1 heterocycles. The fraction of sp³-hybridized carbons (Fsp3) is 0.462. The molecule has 2 unspecified atom stereocenters. The number of carboxylic acid groups (broad SMARTS) is 1. The maximum atomic E-state index is 13.0. The Hall–Kier alpha value is -1.46. The molecule has 2 atom stereocenters.